The molecule has 0 aromatic heterocycles. The minimum atomic E-state index is -0.615. The summed E-state index contributed by atoms with van der Waals surface area (Å²) in [5.74, 6) is 0.897. The van der Waals surface area contributed by atoms with E-state index in [1.165, 1.54) is 0 Å². The number of methoxy groups -OCH3 is 1. The van der Waals surface area contributed by atoms with Gasteiger partial charge >= 0.3 is 0 Å². The quantitative estimate of drug-likeness (QED) is 0.783. The highest BCUT2D eigenvalue weighted by Gasteiger charge is 2.43. The van der Waals surface area contributed by atoms with Crippen molar-refractivity contribution < 1.29 is 14.3 Å². The van der Waals surface area contributed by atoms with Crippen LogP contribution >= 0.6 is 0 Å². The molecule has 1 fully saturated rings. The number of ketones is 1. The van der Waals surface area contributed by atoms with Crippen LogP contribution in [-0.2, 0) is 11.2 Å². The van der Waals surface area contributed by atoms with E-state index in [0.717, 1.165) is 49.8 Å². The lowest BCUT2D eigenvalue weighted by Crippen LogP contribution is -2.38. The van der Waals surface area contributed by atoms with Gasteiger partial charge < -0.3 is 9.47 Å². The Morgan fingerprint density at radius 3 is 2.79 bits per heavy atom. The first-order valence-corrected chi connectivity index (χ1v) is 7.11. The van der Waals surface area contributed by atoms with Gasteiger partial charge in [-0.1, -0.05) is 12.1 Å². The highest BCUT2D eigenvalue weighted by atomic mass is 16.5. The summed E-state index contributed by atoms with van der Waals surface area (Å²) in [6.45, 7) is 0.706. The molecular weight excluding hydrogens is 240 g/mol. The molecule has 1 aliphatic heterocycles. The summed E-state index contributed by atoms with van der Waals surface area (Å²) in [7, 11) is 1.65. The largest absolute Gasteiger partial charge is 0.493 e. The Hall–Kier alpha value is -1.35. The Bertz CT molecular complexity index is 487. The monoisotopic (exact) mass is 260 g/mol. The molecule has 0 unspecified atom stereocenters. The molecule has 1 aromatic carbocycles. The lowest BCUT2D eigenvalue weighted by Gasteiger charge is -2.28. The third kappa shape index (κ3) is 2.06. The van der Waals surface area contributed by atoms with Crippen LogP contribution in [0, 0.1) is 0 Å². The number of Topliss-reactive ketones (excluding diaryl/α,β-unsaturated/α-hetero) is 1. The molecule has 1 heterocycles. The van der Waals surface area contributed by atoms with E-state index >= 15 is 0 Å². The van der Waals surface area contributed by atoms with Crippen molar-refractivity contribution >= 4 is 5.78 Å². The second-order valence-electron chi connectivity index (χ2n) is 5.48. The van der Waals surface area contributed by atoms with Crippen LogP contribution in [0.4, 0.5) is 0 Å². The zero-order chi connectivity index (χ0) is 13.3. The molecule has 3 heteroatoms. The Labute approximate surface area is 113 Å². The van der Waals surface area contributed by atoms with Crippen LogP contribution in [0.5, 0.6) is 5.75 Å². The molecule has 1 aliphatic carbocycles. The fourth-order valence-corrected chi connectivity index (χ4v) is 3.28. The number of carbonyl (C=O) groups is 1. The molecule has 0 radical (unpaired) electrons. The third-order valence-corrected chi connectivity index (χ3v) is 4.39. The van der Waals surface area contributed by atoms with Crippen molar-refractivity contribution in [1.29, 1.82) is 0 Å². The van der Waals surface area contributed by atoms with E-state index in [1.807, 2.05) is 12.1 Å². The smallest absolute Gasteiger partial charge is 0.198 e. The molecule has 0 amide bonds. The Balaban J connectivity index is 2.00. The standard InChI is InChI=1S/C16H20O3/c1-18-16(9-2-3-10-16)15(17)13-8-4-6-12-7-5-11-19-14(12)13/h4,6,8H,2-3,5,7,9-11H2,1H3. The van der Waals surface area contributed by atoms with Crippen LogP contribution in [-0.4, -0.2) is 25.1 Å². The van der Waals surface area contributed by atoms with Gasteiger partial charge in [-0.05, 0) is 50.2 Å². The number of hydrogen-bond acceptors (Lipinski definition) is 3. The van der Waals surface area contributed by atoms with Gasteiger partial charge in [0.15, 0.2) is 5.78 Å². The van der Waals surface area contributed by atoms with E-state index in [2.05, 4.69) is 6.07 Å². The summed E-state index contributed by atoms with van der Waals surface area (Å²) in [6.07, 6.45) is 5.80. The Morgan fingerprint density at radius 2 is 2.05 bits per heavy atom. The Kier molecular flexibility index (Phi) is 3.31. The lowest BCUT2D eigenvalue weighted by atomic mass is 9.88. The normalized spacial score (nSPS) is 20.7. The number of para-hydroxylation sites is 1. The molecule has 19 heavy (non-hydrogen) atoms. The van der Waals surface area contributed by atoms with Gasteiger partial charge in [-0.15, -0.1) is 0 Å². The van der Waals surface area contributed by atoms with Gasteiger partial charge in [-0.2, -0.15) is 0 Å². The van der Waals surface area contributed by atoms with E-state index in [9.17, 15) is 4.79 Å². The van der Waals surface area contributed by atoms with E-state index in [1.54, 1.807) is 7.11 Å². The van der Waals surface area contributed by atoms with Gasteiger partial charge in [0.1, 0.15) is 11.4 Å². The lowest BCUT2D eigenvalue weighted by molar-refractivity contribution is 0.00571. The molecule has 3 rings (SSSR count). The summed E-state index contributed by atoms with van der Waals surface area (Å²) in [6, 6.07) is 5.89. The first-order chi connectivity index (χ1) is 9.27. The summed E-state index contributed by atoms with van der Waals surface area (Å²) in [5.41, 5.74) is 1.25. The number of benzene rings is 1. The number of rotatable bonds is 3. The summed E-state index contributed by atoms with van der Waals surface area (Å²) < 4.78 is 11.3. The van der Waals surface area contributed by atoms with Gasteiger partial charge in [0.25, 0.3) is 0 Å². The van der Waals surface area contributed by atoms with Crippen LogP contribution in [0.25, 0.3) is 0 Å². The maximum Gasteiger partial charge on any atom is 0.198 e. The van der Waals surface area contributed by atoms with Crippen molar-refractivity contribution in [3.05, 3.63) is 29.3 Å². The summed E-state index contributed by atoms with van der Waals surface area (Å²) in [5, 5.41) is 0. The molecule has 102 valence electrons. The van der Waals surface area contributed by atoms with Crippen LogP contribution in [0.15, 0.2) is 18.2 Å². The highest BCUT2D eigenvalue weighted by Crippen LogP contribution is 2.39. The van der Waals surface area contributed by atoms with Crippen molar-refractivity contribution in [1.82, 2.24) is 0 Å². The van der Waals surface area contributed by atoms with Crippen molar-refractivity contribution in [2.45, 2.75) is 44.1 Å². The van der Waals surface area contributed by atoms with Gasteiger partial charge in [0.05, 0.1) is 12.2 Å². The molecule has 0 bridgehead atoms. The fourth-order valence-electron chi connectivity index (χ4n) is 3.28. The second-order valence-corrected chi connectivity index (χ2v) is 5.48. The third-order valence-electron chi connectivity index (χ3n) is 4.39. The molecule has 1 aromatic rings. The average Bonchev–Trinajstić information content (AvgIpc) is 2.96. The molecule has 0 N–H and O–H groups in total. The average molecular weight is 260 g/mol. The second kappa shape index (κ2) is 4.97. The number of hydrogen-bond donors (Lipinski definition) is 0. The number of carbonyl (C=O) groups excluding carboxylic acids is 1. The number of aryl methyl sites for hydroxylation is 1. The SMILES string of the molecule is COC1(C(=O)c2cccc3c2OCCC3)CCCC1. The van der Waals surface area contributed by atoms with E-state index in [0.29, 0.717) is 12.2 Å². The van der Waals surface area contributed by atoms with Gasteiger partial charge in [-0.3, -0.25) is 4.79 Å². The zero-order valence-corrected chi connectivity index (χ0v) is 11.4. The molecule has 0 atom stereocenters. The van der Waals surface area contributed by atoms with Crippen molar-refractivity contribution in [2.24, 2.45) is 0 Å². The molecular formula is C16H20O3. The van der Waals surface area contributed by atoms with Crippen molar-refractivity contribution in [3.8, 4) is 5.75 Å². The van der Waals surface area contributed by atoms with E-state index in [4.69, 9.17) is 9.47 Å². The summed E-state index contributed by atoms with van der Waals surface area (Å²) in [4.78, 5) is 12.9. The van der Waals surface area contributed by atoms with Gasteiger partial charge in [-0.25, -0.2) is 0 Å². The maximum absolute atomic E-state index is 12.9. The first kappa shape index (κ1) is 12.7. The van der Waals surface area contributed by atoms with Crippen molar-refractivity contribution in [3.63, 3.8) is 0 Å². The molecule has 0 spiro atoms. The van der Waals surface area contributed by atoms with E-state index in [-0.39, 0.29) is 5.78 Å². The maximum atomic E-state index is 12.9. The summed E-state index contributed by atoms with van der Waals surface area (Å²) >= 11 is 0. The fraction of sp³-hybridized carbons (Fsp3) is 0.562. The zero-order valence-electron chi connectivity index (χ0n) is 11.4. The highest BCUT2D eigenvalue weighted by molar-refractivity contribution is 6.05. The molecule has 1 saturated carbocycles. The van der Waals surface area contributed by atoms with Gasteiger partial charge in [0.2, 0.25) is 0 Å². The molecule has 3 nitrogen and oxygen atoms in total. The van der Waals surface area contributed by atoms with Gasteiger partial charge in [0, 0.05) is 7.11 Å². The minimum Gasteiger partial charge on any atom is -0.493 e. The van der Waals surface area contributed by atoms with E-state index < -0.39 is 5.60 Å². The first-order valence-electron chi connectivity index (χ1n) is 7.11. The van der Waals surface area contributed by atoms with Crippen LogP contribution in [0.2, 0.25) is 0 Å². The van der Waals surface area contributed by atoms with Crippen LogP contribution in [0.1, 0.15) is 48.0 Å². The van der Waals surface area contributed by atoms with Crippen molar-refractivity contribution in [2.75, 3.05) is 13.7 Å². The van der Waals surface area contributed by atoms with Crippen LogP contribution in [0.3, 0.4) is 0 Å². The minimum absolute atomic E-state index is 0.103. The molecule has 2 aliphatic rings. The Morgan fingerprint density at radius 1 is 1.26 bits per heavy atom. The number of ether oxygens (including phenoxy) is 2. The topological polar surface area (TPSA) is 35.5 Å². The predicted molar refractivity (Wildman–Crippen MR) is 72.8 cm³/mol. The predicted octanol–water partition coefficient (Wildman–Crippen LogP) is 3.15. The number of fused-ring (bicyclic) bond motifs is 1. The van der Waals surface area contributed by atoms with Crippen LogP contribution < -0.4 is 4.74 Å². The molecule has 0 saturated heterocycles.